The van der Waals surface area contributed by atoms with Crippen LogP contribution in [-0.4, -0.2) is 16.4 Å². The molecule has 0 amide bonds. The van der Waals surface area contributed by atoms with Gasteiger partial charge < -0.3 is 5.32 Å². The van der Waals surface area contributed by atoms with Gasteiger partial charge in [0.2, 0.25) is 0 Å². The van der Waals surface area contributed by atoms with Gasteiger partial charge in [-0.15, -0.1) is 0 Å². The van der Waals surface area contributed by atoms with E-state index in [0.717, 1.165) is 45.8 Å². The molecule has 0 fully saturated rings. The lowest BCUT2D eigenvalue weighted by Crippen LogP contribution is -2.31. The Kier molecular flexibility index (Phi) is 7.84. The molecule has 4 aromatic carbocycles. The Morgan fingerprint density at radius 1 is 0.805 bits per heavy atom. The number of nitrogens with zero attached hydrogens (tertiary/aromatic N) is 3. The minimum atomic E-state index is 0.502. The molecule has 41 heavy (non-hydrogen) atoms. The Hall–Kier alpha value is -4.40. The average molecular weight is 574 g/mol. The number of nitriles is 1. The molecule has 0 spiro atoms. The summed E-state index contributed by atoms with van der Waals surface area (Å²) in [6.07, 6.45) is 2.17. The minimum absolute atomic E-state index is 0.502. The van der Waals surface area contributed by atoms with Crippen LogP contribution in [0.25, 0.3) is 22.8 Å². The van der Waals surface area contributed by atoms with Crippen LogP contribution in [0.2, 0.25) is 10.0 Å². The summed E-state index contributed by atoms with van der Waals surface area (Å²) < 4.78 is 0. The van der Waals surface area contributed by atoms with Gasteiger partial charge in [-0.05, 0) is 64.7 Å². The number of benzene rings is 4. The van der Waals surface area contributed by atoms with Gasteiger partial charge in [0.25, 0.3) is 0 Å². The van der Waals surface area contributed by atoms with Crippen molar-refractivity contribution in [1.82, 2.24) is 9.88 Å². The van der Waals surface area contributed by atoms with Crippen LogP contribution in [0.3, 0.4) is 0 Å². The molecule has 0 aliphatic carbocycles. The van der Waals surface area contributed by atoms with Crippen LogP contribution >= 0.6 is 23.2 Å². The molecule has 1 aliphatic heterocycles. The van der Waals surface area contributed by atoms with Gasteiger partial charge in [0.05, 0.1) is 5.69 Å². The maximum atomic E-state index is 10.5. The molecule has 4 nitrogen and oxygen atoms in total. The predicted octanol–water partition coefficient (Wildman–Crippen LogP) is 9.23. The highest BCUT2D eigenvalue weighted by Gasteiger charge is 2.29. The number of nitrogens with one attached hydrogen (secondary N) is 1. The van der Waals surface area contributed by atoms with Gasteiger partial charge in [0, 0.05) is 46.5 Å². The quantitative estimate of drug-likeness (QED) is 0.220. The van der Waals surface area contributed by atoms with E-state index in [2.05, 4.69) is 46.6 Å². The molecule has 0 atom stereocenters. The van der Waals surface area contributed by atoms with Gasteiger partial charge in [0.15, 0.2) is 0 Å². The van der Waals surface area contributed by atoms with Gasteiger partial charge in [0.1, 0.15) is 17.5 Å². The van der Waals surface area contributed by atoms with Crippen molar-refractivity contribution in [3.05, 3.63) is 147 Å². The zero-order chi connectivity index (χ0) is 28.2. The summed E-state index contributed by atoms with van der Waals surface area (Å²) in [5, 5.41) is 15.3. The highest BCUT2D eigenvalue weighted by molar-refractivity contribution is 6.30. The molecule has 0 saturated heterocycles. The zero-order valence-electron chi connectivity index (χ0n) is 22.2. The third-order valence-corrected chi connectivity index (χ3v) is 7.62. The molecule has 6 rings (SSSR count). The van der Waals surface area contributed by atoms with E-state index >= 15 is 0 Å². The smallest absolute Gasteiger partial charge is 0.149 e. The van der Waals surface area contributed by atoms with Crippen molar-refractivity contribution in [3.8, 4) is 17.2 Å². The molecule has 5 aromatic rings. The van der Waals surface area contributed by atoms with Crippen LogP contribution in [0, 0.1) is 11.3 Å². The van der Waals surface area contributed by atoms with Crippen LogP contribution in [0.15, 0.2) is 109 Å². The fraction of sp³-hybridized carbons (Fsp3) is 0.0857. The topological polar surface area (TPSA) is 52.0 Å². The molecule has 200 valence electrons. The van der Waals surface area contributed by atoms with Crippen molar-refractivity contribution >= 4 is 46.4 Å². The van der Waals surface area contributed by atoms with Crippen LogP contribution in [0.1, 0.15) is 27.9 Å². The highest BCUT2D eigenvalue weighted by Crippen LogP contribution is 2.41. The Morgan fingerprint density at radius 2 is 1.44 bits per heavy atom. The fourth-order valence-corrected chi connectivity index (χ4v) is 5.51. The first kappa shape index (κ1) is 26.8. The van der Waals surface area contributed by atoms with Crippen LogP contribution in [0.5, 0.6) is 0 Å². The molecule has 0 unspecified atom stereocenters. The van der Waals surface area contributed by atoms with Crippen molar-refractivity contribution in [2.24, 2.45) is 0 Å². The van der Waals surface area contributed by atoms with Gasteiger partial charge in [-0.2, -0.15) is 5.26 Å². The highest BCUT2D eigenvalue weighted by atomic mass is 35.5. The number of halogens is 2. The van der Waals surface area contributed by atoms with Crippen LogP contribution in [-0.2, 0) is 13.1 Å². The SMILES string of the molecule is N#Cc1c(Nc2ccccc2)nc2c(c1-c1ccc(Cl)cc1)CN(Cc1ccccc1)C/C2=C/c1ccc(Cl)cc1. The number of hydrogen-bond donors (Lipinski definition) is 1. The Morgan fingerprint density at radius 3 is 2.10 bits per heavy atom. The van der Waals surface area contributed by atoms with Crippen molar-refractivity contribution in [3.63, 3.8) is 0 Å². The Bertz CT molecular complexity index is 1740. The third kappa shape index (κ3) is 6.04. The van der Waals surface area contributed by atoms with Crippen molar-refractivity contribution in [2.75, 3.05) is 11.9 Å². The summed E-state index contributed by atoms with van der Waals surface area (Å²) in [5.74, 6) is 0.529. The summed E-state index contributed by atoms with van der Waals surface area (Å²) >= 11 is 12.5. The molecule has 1 aliphatic rings. The lowest BCUT2D eigenvalue weighted by Gasteiger charge is -2.33. The van der Waals surface area contributed by atoms with Gasteiger partial charge in [-0.3, -0.25) is 4.90 Å². The largest absolute Gasteiger partial charge is 0.339 e. The van der Waals surface area contributed by atoms with Crippen molar-refractivity contribution < 1.29 is 0 Å². The lowest BCUT2D eigenvalue weighted by molar-refractivity contribution is 0.282. The molecule has 1 N–H and O–H groups in total. The van der Waals surface area contributed by atoms with Crippen molar-refractivity contribution in [2.45, 2.75) is 13.1 Å². The molecule has 0 radical (unpaired) electrons. The number of fused-ring (bicyclic) bond motifs is 1. The van der Waals surface area contributed by atoms with Crippen LogP contribution in [0.4, 0.5) is 11.5 Å². The average Bonchev–Trinajstić information content (AvgIpc) is 2.99. The first-order valence-electron chi connectivity index (χ1n) is 13.3. The van der Waals surface area contributed by atoms with E-state index in [1.807, 2.05) is 84.9 Å². The van der Waals surface area contributed by atoms with Crippen molar-refractivity contribution in [1.29, 1.82) is 5.26 Å². The maximum Gasteiger partial charge on any atom is 0.149 e. The monoisotopic (exact) mass is 572 g/mol. The first-order chi connectivity index (χ1) is 20.1. The second kappa shape index (κ2) is 12.0. The second-order valence-corrected chi connectivity index (χ2v) is 10.9. The molecule has 0 bridgehead atoms. The maximum absolute atomic E-state index is 10.5. The zero-order valence-corrected chi connectivity index (χ0v) is 23.7. The molecular weight excluding hydrogens is 547 g/mol. The summed E-state index contributed by atoms with van der Waals surface area (Å²) in [5.41, 5.74) is 8.39. The predicted molar refractivity (Wildman–Crippen MR) is 169 cm³/mol. The van der Waals surface area contributed by atoms with Gasteiger partial charge in [-0.1, -0.05) is 96.0 Å². The van der Waals surface area contributed by atoms with E-state index in [1.54, 1.807) is 0 Å². The van der Waals surface area contributed by atoms with Gasteiger partial charge in [-0.25, -0.2) is 4.98 Å². The molecular formula is C35H26Cl2N4. The van der Waals surface area contributed by atoms with E-state index in [-0.39, 0.29) is 0 Å². The lowest BCUT2D eigenvalue weighted by atomic mass is 9.88. The van der Waals surface area contributed by atoms with Crippen LogP contribution < -0.4 is 5.32 Å². The third-order valence-electron chi connectivity index (χ3n) is 7.12. The van der Waals surface area contributed by atoms with E-state index in [4.69, 9.17) is 28.2 Å². The fourth-order valence-electron chi connectivity index (χ4n) is 5.26. The van der Waals surface area contributed by atoms with E-state index in [9.17, 15) is 5.26 Å². The number of hydrogen-bond acceptors (Lipinski definition) is 4. The number of anilines is 2. The molecule has 1 aromatic heterocycles. The Balaban J connectivity index is 1.57. The number of para-hydroxylation sites is 1. The Labute approximate surface area is 250 Å². The van der Waals surface area contributed by atoms with Gasteiger partial charge >= 0.3 is 0 Å². The number of pyridine rings is 1. The van der Waals surface area contributed by atoms with E-state index in [1.165, 1.54) is 5.56 Å². The molecule has 0 saturated carbocycles. The van der Waals surface area contributed by atoms with E-state index in [0.29, 0.717) is 34.5 Å². The number of rotatable bonds is 6. The summed E-state index contributed by atoms with van der Waals surface area (Å²) in [7, 11) is 0. The number of aromatic nitrogens is 1. The standard InChI is InChI=1S/C35H26Cl2N4/c36-28-15-11-24(12-16-28)19-27-22-41(21-25-7-3-1-4-8-25)23-32-33(26-13-17-29(37)18-14-26)31(20-38)35(40-34(27)32)39-30-9-5-2-6-10-30/h1-19H,21-23H2,(H,39,40)/b27-19-. The summed E-state index contributed by atoms with van der Waals surface area (Å²) in [6.45, 7) is 2.12. The molecule has 6 heteroatoms. The summed E-state index contributed by atoms with van der Waals surface area (Å²) in [4.78, 5) is 7.53. The molecule has 2 heterocycles. The normalized spacial score (nSPS) is 13.9. The summed E-state index contributed by atoms with van der Waals surface area (Å²) in [6, 6.07) is 38.2. The minimum Gasteiger partial charge on any atom is -0.339 e. The first-order valence-corrected chi connectivity index (χ1v) is 14.1. The second-order valence-electron chi connectivity index (χ2n) is 10.00. The van der Waals surface area contributed by atoms with E-state index < -0.39 is 0 Å².